The van der Waals surface area contributed by atoms with Crippen molar-refractivity contribution in [1.29, 1.82) is 0 Å². The van der Waals surface area contributed by atoms with Crippen molar-refractivity contribution >= 4 is 11.9 Å². The lowest BCUT2D eigenvalue weighted by Gasteiger charge is -2.29. The highest BCUT2D eigenvalue weighted by atomic mass is 16.5. The van der Waals surface area contributed by atoms with Crippen LogP contribution in [0.1, 0.15) is 30.8 Å². The topological polar surface area (TPSA) is 80.4 Å². The predicted molar refractivity (Wildman–Crippen MR) is 116 cm³/mol. The van der Waals surface area contributed by atoms with Crippen molar-refractivity contribution in [1.82, 2.24) is 19.9 Å². The molecule has 1 fully saturated rings. The second kappa shape index (κ2) is 9.21. The molecule has 0 saturated carbocycles. The van der Waals surface area contributed by atoms with E-state index in [1.54, 1.807) is 0 Å². The maximum absolute atomic E-state index is 6.03. The monoisotopic (exact) mass is 394 g/mol. The van der Waals surface area contributed by atoms with Gasteiger partial charge in [-0.2, -0.15) is 15.0 Å². The lowest BCUT2D eigenvalue weighted by Crippen LogP contribution is -2.38. The number of nitrogen functional groups attached to an aromatic ring is 1. The summed E-state index contributed by atoms with van der Waals surface area (Å²) in [5, 5.41) is 0. The summed E-state index contributed by atoms with van der Waals surface area (Å²) in [5.41, 5.74) is 7.93. The van der Waals surface area contributed by atoms with Crippen molar-refractivity contribution in [2.75, 3.05) is 57.6 Å². The highest BCUT2D eigenvalue weighted by molar-refractivity contribution is 5.43. The van der Waals surface area contributed by atoms with E-state index in [9.17, 15) is 0 Å². The Bertz CT molecular complexity index is 894. The van der Waals surface area contributed by atoms with Gasteiger partial charge in [-0.25, -0.2) is 0 Å². The van der Waals surface area contributed by atoms with Gasteiger partial charge < -0.3 is 15.4 Å². The van der Waals surface area contributed by atoms with Crippen LogP contribution in [0.15, 0.2) is 24.3 Å². The summed E-state index contributed by atoms with van der Waals surface area (Å²) < 4.78 is 5.43. The van der Waals surface area contributed by atoms with Crippen LogP contribution in [0.2, 0.25) is 0 Å². The van der Waals surface area contributed by atoms with Crippen LogP contribution in [0.25, 0.3) is 0 Å². The first kappa shape index (κ1) is 21.0. The number of nitrogens with zero attached hydrogens (tertiary/aromatic N) is 5. The number of hydrogen-bond acceptors (Lipinski definition) is 7. The second-order valence-electron chi connectivity index (χ2n) is 8.17. The van der Waals surface area contributed by atoms with Crippen LogP contribution in [0.4, 0.5) is 11.9 Å². The Morgan fingerprint density at radius 2 is 1.86 bits per heavy atom. The summed E-state index contributed by atoms with van der Waals surface area (Å²) in [6.07, 6.45) is 0.756. The van der Waals surface area contributed by atoms with Crippen LogP contribution in [-0.4, -0.2) is 66.8 Å². The highest BCUT2D eigenvalue weighted by Crippen LogP contribution is 2.28. The fourth-order valence-corrected chi connectivity index (χ4v) is 3.23. The summed E-state index contributed by atoms with van der Waals surface area (Å²) >= 11 is 0. The van der Waals surface area contributed by atoms with E-state index in [1.165, 1.54) is 5.56 Å². The van der Waals surface area contributed by atoms with E-state index in [0.717, 1.165) is 31.6 Å². The number of aromatic nitrogens is 3. The van der Waals surface area contributed by atoms with Crippen molar-refractivity contribution in [3.63, 3.8) is 0 Å². The summed E-state index contributed by atoms with van der Waals surface area (Å²) in [6, 6.07) is 8.25. The van der Waals surface area contributed by atoms with Gasteiger partial charge in [0.25, 0.3) is 0 Å². The van der Waals surface area contributed by atoms with Crippen LogP contribution in [0, 0.1) is 11.8 Å². The smallest absolute Gasteiger partial charge is 0.230 e. The van der Waals surface area contributed by atoms with Crippen LogP contribution in [0.3, 0.4) is 0 Å². The minimum absolute atomic E-state index is 0.253. The number of nitrogens with two attached hydrogens (primary N) is 1. The fourth-order valence-electron chi connectivity index (χ4n) is 3.23. The molecule has 2 aromatic rings. The Morgan fingerprint density at radius 3 is 2.59 bits per heavy atom. The molecular weight excluding hydrogens is 364 g/mol. The number of hydrogen-bond donors (Lipinski definition) is 1. The number of rotatable bonds is 5. The molecule has 7 nitrogen and oxygen atoms in total. The van der Waals surface area contributed by atoms with Crippen LogP contribution < -0.4 is 10.6 Å². The number of anilines is 2. The maximum Gasteiger partial charge on any atom is 0.230 e. The SMILES string of the molecule is CN(C)CC#Cc1ccccc1CC(C)(C)c1nc(N)nc(N2CCOCC2)n1. The second-order valence-corrected chi connectivity index (χ2v) is 8.17. The third-order valence-corrected chi connectivity index (χ3v) is 4.81. The van der Waals surface area contributed by atoms with Crippen molar-refractivity contribution in [2.45, 2.75) is 25.7 Å². The molecule has 0 bridgehead atoms. The molecule has 0 atom stereocenters. The fraction of sp³-hybridized carbons (Fsp3) is 0.500. The molecule has 29 heavy (non-hydrogen) atoms. The average Bonchev–Trinajstić information content (AvgIpc) is 2.69. The van der Waals surface area contributed by atoms with Gasteiger partial charge in [0.15, 0.2) is 0 Å². The molecule has 0 radical (unpaired) electrons. The molecule has 0 amide bonds. The van der Waals surface area contributed by atoms with Gasteiger partial charge in [-0.3, -0.25) is 4.90 Å². The van der Waals surface area contributed by atoms with Gasteiger partial charge in [0.1, 0.15) is 5.82 Å². The zero-order valence-corrected chi connectivity index (χ0v) is 17.8. The van der Waals surface area contributed by atoms with E-state index >= 15 is 0 Å². The Hall–Kier alpha value is -2.69. The van der Waals surface area contributed by atoms with E-state index in [1.807, 2.05) is 26.2 Å². The zero-order valence-electron chi connectivity index (χ0n) is 17.8. The van der Waals surface area contributed by atoms with Crippen LogP contribution in [0.5, 0.6) is 0 Å². The van der Waals surface area contributed by atoms with Crippen molar-refractivity contribution in [2.24, 2.45) is 0 Å². The van der Waals surface area contributed by atoms with Gasteiger partial charge in [0, 0.05) is 24.1 Å². The van der Waals surface area contributed by atoms with E-state index in [-0.39, 0.29) is 11.4 Å². The summed E-state index contributed by atoms with van der Waals surface area (Å²) in [7, 11) is 4.03. The minimum atomic E-state index is -0.322. The first-order chi connectivity index (χ1) is 13.8. The molecule has 7 heteroatoms. The highest BCUT2D eigenvalue weighted by Gasteiger charge is 2.28. The quantitative estimate of drug-likeness (QED) is 0.774. The van der Waals surface area contributed by atoms with Crippen molar-refractivity contribution < 1.29 is 4.74 Å². The van der Waals surface area contributed by atoms with E-state index in [4.69, 9.17) is 15.5 Å². The van der Waals surface area contributed by atoms with Gasteiger partial charge in [-0.05, 0) is 32.1 Å². The molecule has 1 aliphatic heterocycles. The van der Waals surface area contributed by atoms with Gasteiger partial charge in [0.05, 0.1) is 19.8 Å². The maximum atomic E-state index is 6.03. The Balaban J connectivity index is 1.86. The Morgan fingerprint density at radius 1 is 1.14 bits per heavy atom. The molecule has 1 saturated heterocycles. The van der Waals surface area contributed by atoms with Crippen molar-refractivity contribution in [3.8, 4) is 11.8 Å². The average molecular weight is 395 g/mol. The number of benzene rings is 1. The molecule has 1 aliphatic rings. The van der Waals surface area contributed by atoms with Crippen LogP contribution in [-0.2, 0) is 16.6 Å². The summed E-state index contributed by atoms with van der Waals surface area (Å²) in [5.74, 6) is 8.10. The molecule has 154 valence electrons. The van der Waals surface area contributed by atoms with Crippen molar-refractivity contribution in [3.05, 3.63) is 41.2 Å². The van der Waals surface area contributed by atoms with Gasteiger partial charge in [-0.15, -0.1) is 0 Å². The molecule has 0 spiro atoms. The van der Waals surface area contributed by atoms with E-state index in [2.05, 4.69) is 57.6 Å². The Labute approximate surface area is 173 Å². The Kier molecular flexibility index (Phi) is 6.68. The summed E-state index contributed by atoms with van der Waals surface area (Å²) in [4.78, 5) is 17.7. The first-order valence-electron chi connectivity index (χ1n) is 9.91. The number of morpholine rings is 1. The zero-order chi connectivity index (χ0) is 20.9. The summed E-state index contributed by atoms with van der Waals surface area (Å²) in [6.45, 7) is 7.85. The first-order valence-corrected chi connectivity index (χ1v) is 9.91. The van der Waals surface area contributed by atoms with Gasteiger partial charge >= 0.3 is 0 Å². The molecule has 0 unspecified atom stereocenters. The van der Waals surface area contributed by atoms with Crippen LogP contribution >= 0.6 is 0 Å². The molecule has 2 heterocycles. The van der Waals surface area contributed by atoms with Gasteiger partial charge in [0.2, 0.25) is 11.9 Å². The molecule has 0 aliphatic carbocycles. The normalized spacial score (nSPS) is 14.6. The standard InChI is InChI=1S/C22H30N6O/c1-22(2,16-18-9-6-5-8-17(18)10-7-11-27(3)4)19-24-20(23)26-21(25-19)28-12-14-29-15-13-28/h5-6,8-9H,11-16H2,1-4H3,(H2,23,24,25,26). The molecule has 3 rings (SSSR count). The van der Waals surface area contributed by atoms with E-state index in [0.29, 0.717) is 25.0 Å². The third kappa shape index (κ3) is 5.66. The third-order valence-electron chi connectivity index (χ3n) is 4.81. The largest absolute Gasteiger partial charge is 0.378 e. The molecular formula is C22H30N6O. The van der Waals surface area contributed by atoms with Gasteiger partial charge in [-0.1, -0.05) is 43.9 Å². The number of ether oxygens (including phenoxy) is 1. The predicted octanol–water partition coefficient (Wildman–Crippen LogP) is 1.72. The lowest BCUT2D eigenvalue weighted by molar-refractivity contribution is 0.122. The molecule has 2 N–H and O–H groups in total. The minimum Gasteiger partial charge on any atom is -0.378 e. The van der Waals surface area contributed by atoms with E-state index < -0.39 is 0 Å². The molecule has 1 aromatic carbocycles. The molecule has 1 aromatic heterocycles. The lowest BCUT2D eigenvalue weighted by atomic mass is 9.83.